The molecule has 3 atom stereocenters. The summed E-state index contributed by atoms with van der Waals surface area (Å²) in [5, 5.41) is 0. The van der Waals surface area contributed by atoms with Crippen molar-refractivity contribution in [3.8, 4) is 0 Å². The number of nitrogens with two attached hydrogens (primary N) is 1. The quantitative estimate of drug-likeness (QED) is 0.561. The second kappa shape index (κ2) is 5.96. The van der Waals surface area contributed by atoms with Crippen LogP contribution in [0, 0.1) is 5.92 Å². The van der Waals surface area contributed by atoms with Gasteiger partial charge in [0, 0.05) is 19.3 Å². The Balaban J connectivity index is 1.80. The topological polar surface area (TPSA) is 56.5 Å². The molecule has 0 aliphatic carbocycles. The van der Waals surface area contributed by atoms with Gasteiger partial charge in [-0.05, 0) is 44.9 Å². The van der Waals surface area contributed by atoms with E-state index in [9.17, 15) is 0 Å². The first-order valence-electron chi connectivity index (χ1n) is 6.49. The van der Waals surface area contributed by atoms with E-state index in [0.717, 1.165) is 38.4 Å². The van der Waals surface area contributed by atoms with Gasteiger partial charge in [0.1, 0.15) is 0 Å². The number of hydrazine groups is 1. The Kier molecular flexibility index (Phi) is 4.58. The van der Waals surface area contributed by atoms with Crippen LogP contribution in [0.5, 0.6) is 0 Å². The third-order valence-electron chi connectivity index (χ3n) is 3.86. The fourth-order valence-electron chi connectivity index (χ4n) is 2.80. The molecule has 2 aliphatic rings. The molecule has 3 unspecified atom stereocenters. The molecule has 0 spiro atoms. The summed E-state index contributed by atoms with van der Waals surface area (Å²) in [4.78, 5) is 0. The van der Waals surface area contributed by atoms with Gasteiger partial charge in [-0.25, -0.2) is 0 Å². The molecule has 3 N–H and O–H groups in total. The van der Waals surface area contributed by atoms with Crippen molar-refractivity contribution in [2.45, 2.75) is 57.3 Å². The van der Waals surface area contributed by atoms with Gasteiger partial charge in [0.15, 0.2) is 0 Å². The van der Waals surface area contributed by atoms with E-state index >= 15 is 0 Å². The van der Waals surface area contributed by atoms with Crippen molar-refractivity contribution >= 4 is 0 Å². The van der Waals surface area contributed by atoms with Crippen molar-refractivity contribution in [3.05, 3.63) is 0 Å². The lowest BCUT2D eigenvalue weighted by Gasteiger charge is -2.29. The largest absolute Gasteiger partial charge is 0.381 e. The number of rotatable bonds is 4. The second-order valence-corrected chi connectivity index (χ2v) is 5.13. The van der Waals surface area contributed by atoms with E-state index in [4.69, 9.17) is 15.3 Å². The standard InChI is InChI=1S/C12H24N2O2/c1-9-2-3-12(16-9)11(14-13)8-10-4-6-15-7-5-10/h9-12,14H,2-8,13H2,1H3. The summed E-state index contributed by atoms with van der Waals surface area (Å²) in [6.45, 7) is 3.95. The monoisotopic (exact) mass is 228 g/mol. The summed E-state index contributed by atoms with van der Waals surface area (Å²) < 4.78 is 11.3. The van der Waals surface area contributed by atoms with E-state index in [0.29, 0.717) is 18.2 Å². The van der Waals surface area contributed by atoms with Crippen molar-refractivity contribution in [3.63, 3.8) is 0 Å². The Morgan fingerprint density at radius 2 is 2.00 bits per heavy atom. The van der Waals surface area contributed by atoms with Crippen molar-refractivity contribution < 1.29 is 9.47 Å². The van der Waals surface area contributed by atoms with Crippen LogP contribution < -0.4 is 11.3 Å². The first-order valence-corrected chi connectivity index (χ1v) is 6.49. The fraction of sp³-hybridized carbons (Fsp3) is 1.00. The molecular formula is C12H24N2O2. The molecule has 94 valence electrons. The lowest BCUT2D eigenvalue weighted by Crippen LogP contribution is -2.45. The van der Waals surface area contributed by atoms with E-state index < -0.39 is 0 Å². The number of hydrogen-bond acceptors (Lipinski definition) is 4. The maximum absolute atomic E-state index is 5.88. The fourth-order valence-corrected chi connectivity index (χ4v) is 2.80. The lowest BCUT2D eigenvalue weighted by atomic mass is 9.90. The molecule has 2 saturated heterocycles. The summed E-state index contributed by atoms with van der Waals surface area (Å²) in [5.74, 6) is 6.40. The van der Waals surface area contributed by atoms with Crippen molar-refractivity contribution in [2.75, 3.05) is 13.2 Å². The van der Waals surface area contributed by atoms with Crippen LogP contribution in [0.1, 0.15) is 39.0 Å². The summed E-state index contributed by atoms with van der Waals surface area (Å²) >= 11 is 0. The normalized spacial score (nSPS) is 34.1. The zero-order valence-electron chi connectivity index (χ0n) is 10.2. The van der Waals surface area contributed by atoms with Crippen LogP contribution in [0.4, 0.5) is 0 Å². The summed E-state index contributed by atoms with van der Waals surface area (Å²) in [7, 11) is 0. The third-order valence-corrected chi connectivity index (χ3v) is 3.86. The van der Waals surface area contributed by atoms with Crippen LogP contribution in [0.3, 0.4) is 0 Å². The van der Waals surface area contributed by atoms with Crippen LogP contribution in [-0.4, -0.2) is 31.5 Å². The van der Waals surface area contributed by atoms with Crippen LogP contribution >= 0.6 is 0 Å². The predicted molar refractivity (Wildman–Crippen MR) is 62.8 cm³/mol. The number of nitrogens with one attached hydrogen (secondary N) is 1. The Morgan fingerprint density at radius 1 is 1.25 bits per heavy atom. The Morgan fingerprint density at radius 3 is 2.56 bits per heavy atom. The van der Waals surface area contributed by atoms with E-state index in [1.54, 1.807) is 0 Å². The number of hydrogen-bond donors (Lipinski definition) is 2. The average molecular weight is 228 g/mol. The summed E-state index contributed by atoms with van der Waals surface area (Å²) in [5.41, 5.74) is 2.95. The molecule has 2 rings (SSSR count). The number of ether oxygens (including phenoxy) is 2. The molecule has 0 bridgehead atoms. The van der Waals surface area contributed by atoms with E-state index in [2.05, 4.69) is 12.3 Å². The summed E-state index contributed by atoms with van der Waals surface area (Å²) in [6.07, 6.45) is 6.46. The lowest BCUT2D eigenvalue weighted by molar-refractivity contribution is 0.0141. The van der Waals surface area contributed by atoms with Crippen LogP contribution in [0.25, 0.3) is 0 Å². The van der Waals surface area contributed by atoms with Gasteiger partial charge in [0.2, 0.25) is 0 Å². The zero-order chi connectivity index (χ0) is 11.4. The van der Waals surface area contributed by atoms with Gasteiger partial charge >= 0.3 is 0 Å². The smallest absolute Gasteiger partial charge is 0.0746 e. The molecule has 2 heterocycles. The molecule has 0 aromatic carbocycles. The molecule has 0 saturated carbocycles. The maximum atomic E-state index is 5.88. The minimum atomic E-state index is 0.308. The van der Waals surface area contributed by atoms with Crippen LogP contribution in [-0.2, 0) is 9.47 Å². The highest BCUT2D eigenvalue weighted by atomic mass is 16.5. The van der Waals surface area contributed by atoms with Crippen molar-refractivity contribution in [2.24, 2.45) is 11.8 Å². The van der Waals surface area contributed by atoms with Gasteiger partial charge in [-0.2, -0.15) is 0 Å². The zero-order valence-corrected chi connectivity index (χ0v) is 10.2. The molecule has 0 amide bonds. The van der Waals surface area contributed by atoms with Crippen LogP contribution in [0.15, 0.2) is 0 Å². The highest BCUT2D eigenvalue weighted by Crippen LogP contribution is 2.27. The first-order chi connectivity index (χ1) is 7.79. The Hall–Kier alpha value is -0.160. The molecule has 2 aliphatic heterocycles. The Bertz CT molecular complexity index is 207. The predicted octanol–water partition coefficient (Wildman–Crippen LogP) is 1.20. The maximum Gasteiger partial charge on any atom is 0.0746 e. The molecule has 0 radical (unpaired) electrons. The molecule has 2 fully saturated rings. The Labute approximate surface area is 97.8 Å². The first kappa shape index (κ1) is 12.3. The van der Waals surface area contributed by atoms with Crippen molar-refractivity contribution in [1.29, 1.82) is 0 Å². The summed E-state index contributed by atoms with van der Waals surface area (Å²) in [6, 6.07) is 0.313. The van der Waals surface area contributed by atoms with E-state index in [1.807, 2.05) is 0 Å². The minimum Gasteiger partial charge on any atom is -0.381 e. The van der Waals surface area contributed by atoms with Gasteiger partial charge < -0.3 is 9.47 Å². The molecule has 0 aromatic rings. The highest BCUT2D eigenvalue weighted by molar-refractivity contribution is 4.84. The molecule has 16 heavy (non-hydrogen) atoms. The second-order valence-electron chi connectivity index (χ2n) is 5.13. The molecule has 4 nitrogen and oxygen atoms in total. The van der Waals surface area contributed by atoms with Gasteiger partial charge in [0.25, 0.3) is 0 Å². The molecular weight excluding hydrogens is 204 g/mol. The van der Waals surface area contributed by atoms with Gasteiger partial charge in [-0.3, -0.25) is 11.3 Å². The molecule has 0 aromatic heterocycles. The van der Waals surface area contributed by atoms with Gasteiger partial charge in [-0.1, -0.05) is 0 Å². The van der Waals surface area contributed by atoms with E-state index in [1.165, 1.54) is 12.8 Å². The SMILES string of the molecule is CC1CCC(C(CC2CCOCC2)NN)O1. The average Bonchev–Trinajstić information content (AvgIpc) is 2.74. The van der Waals surface area contributed by atoms with Crippen LogP contribution in [0.2, 0.25) is 0 Å². The van der Waals surface area contributed by atoms with Crippen molar-refractivity contribution in [1.82, 2.24) is 5.43 Å². The molecule has 4 heteroatoms. The highest BCUT2D eigenvalue weighted by Gasteiger charge is 2.31. The minimum absolute atomic E-state index is 0.308. The third kappa shape index (κ3) is 3.17. The van der Waals surface area contributed by atoms with Gasteiger partial charge in [0.05, 0.1) is 12.2 Å². The van der Waals surface area contributed by atoms with E-state index in [-0.39, 0.29) is 0 Å². The van der Waals surface area contributed by atoms with Gasteiger partial charge in [-0.15, -0.1) is 0 Å².